The van der Waals surface area contributed by atoms with Crippen molar-refractivity contribution in [3.05, 3.63) is 77.5 Å². The lowest BCUT2D eigenvalue weighted by Crippen LogP contribution is -2.07. The lowest BCUT2D eigenvalue weighted by molar-refractivity contribution is 0.198. The molecule has 3 aromatic rings. The van der Waals surface area contributed by atoms with Gasteiger partial charge < -0.3 is 5.21 Å². The lowest BCUT2D eigenvalue weighted by atomic mass is 10.2. The van der Waals surface area contributed by atoms with Gasteiger partial charge in [0.2, 0.25) is 0 Å². The number of nitrogens with zero attached hydrogens (tertiary/aromatic N) is 3. The first-order valence-electron chi connectivity index (χ1n) is 6.36. The van der Waals surface area contributed by atoms with Crippen molar-refractivity contribution in [1.29, 1.82) is 0 Å². The summed E-state index contributed by atoms with van der Waals surface area (Å²) in [5, 5.41) is 19.3. The van der Waals surface area contributed by atoms with E-state index in [1.807, 2.05) is 18.2 Å². The van der Waals surface area contributed by atoms with Gasteiger partial charge in [-0.2, -0.15) is 14.9 Å². The van der Waals surface area contributed by atoms with Crippen LogP contribution >= 0.6 is 0 Å². The number of aromatic nitrogens is 1. The molecule has 0 bridgehead atoms. The van der Waals surface area contributed by atoms with Crippen molar-refractivity contribution in [2.45, 2.75) is 0 Å². The van der Waals surface area contributed by atoms with Gasteiger partial charge >= 0.3 is 0 Å². The molecule has 1 N–H and O–H groups in total. The van der Waals surface area contributed by atoms with Crippen LogP contribution in [0.3, 0.4) is 0 Å². The smallest absolute Gasteiger partial charge is 0.123 e. The second kappa shape index (κ2) is 5.58. The zero-order chi connectivity index (χ0) is 14.7. The van der Waals surface area contributed by atoms with E-state index >= 15 is 0 Å². The van der Waals surface area contributed by atoms with Gasteiger partial charge in [0.25, 0.3) is 0 Å². The molecular weight excluding hydrogens is 269 g/mol. The number of fused-ring (bicyclic) bond motifs is 1. The van der Waals surface area contributed by atoms with E-state index in [1.165, 1.54) is 18.3 Å². The Morgan fingerprint density at radius 2 is 1.76 bits per heavy atom. The van der Waals surface area contributed by atoms with Gasteiger partial charge in [0, 0.05) is 11.6 Å². The maximum absolute atomic E-state index is 12.8. The summed E-state index contributed by atoms with van der Waals surface area (Å²) in [5.74, 6) is -0.286. The molecule has 1 heterocycles. The van der Waals surface area contributed by atoms with Crippen molar-refractivity contribution in [3.8, 4) is 0 Å². The molecule has 0 saturated carbocycles. The van der Waals surface area contributed by atoms with Gasteiger partial charge in [0.05, 0.1) is 17.1 Å². The topological polar surface area (TPSA) is 49.9 Å². The highest BCUT2D eigenvalue weighted by atomic mass is 19.1. The number of pyridine rings is 1. The van der Waals surface area contributed by atoms with Crippen molar-refractivity contribution in [2.75, 3.05) is 0 Å². The van der Waals surface area contributed by atoms with Gasteiger partial charge in [-0.05, 0) is 29.8 Å². The fraction of sp³-hybridized carbons (Fsp3) is 0. The summed E-state index contributed by atoms with van der Waals surface area (Å²) in [6.45, 7) is 0. The fourth-order valence-electron chi connectivity index (χ4n) is 2.00. The largest absolute Gasteiger partial charge is 0.428 e. The van der Waals surface area contributed by atoms with Crippen molar-refractivity contribution in [1.82, 2.24) is 4.73 Å². The number of para-hydroxylation sites is 1. The van der Waals surface area contributed by atoms with Crippen LogP contribution in [-0.2, 0) is 0 Å². The minimum atomic E-state index is -0.286. The number of hydrogen-bond acceptors (Lipinski definition) is 3. The van der Waals surface area contributed by atoms with Crippen molar-refractivity contribution in [3.63, 3.8) is 0 Å². The third kappa shape index (κ3) is 2.81. The Kier molecular flexibility index (Phi) is 3.47. The Morgan fingerprint density at radius 1 is 1.00 bits per heavy atom. The van der Waals surface area contributed by atoms with Crippen LogP contribution in [0.25, 0.3) is 10.9 Å². The first kappa shape index (κ1) is 13.1. The molecule has 0 saturated heterocycles. The molecule has 0 atom stereocenters. The Bertz CT molecular complexity index is 867. The summed E-state index contributed by atoms with van der Waals surface area (Å²) in [6.07, 6.45) is 3.06. The standard InChI is InChI=1S/C16H12FN3O/c17-13-7-5-12(6-8-13)11-18-19-15-9-10-20(21)16-4-2-1-3-14(15)16/h1-11,21H/b18-11+,19-15?. The molecule has 104 valence electrons. The molecule has 0 unspecified atom stereocenters. The molecule has 5 heteroatoms. The molecule has 0 radical (unpaired) electrons. The van der Waals surface area contributed by atoms with Crippen LogP contribution in [0, 0.1) is 5.82 Å². The van der Waals surface area contributed by atoms with E-state index in [0.717, 1.165) is 15.7 Å². The Morgan fingerprint density at radius 3 is 2.57 bits per heavy atom. The predicted octanol–water partition coefficient (Wildman–Crippen LogP) is 2.95. The second-order valence-corrected chi connectivity index (χ2v) is 4.46. The molecule has 0 aliphatic carbocycles. The molecule has 0 fully saturated rings. The van der Waals surface area contributed by atoms with Gasteiger partial charge in [-0.3, -0.25) is 0 Å². The highest BCUT2D eigenvalue weighted by molar-refractivity contribution is 5.80. The summed E-state index contributed by atoms with van der Waals surface area (Å²) < 4.78 is 13.8. The van der Waals surface area contributed by atoms with Gasteiger partial charge in [-0.25, -0.2) is 4.39 Å². The number of benzene rings is 2. The summed E-state index contributed by atoms with van der Waals surface area (Å²) in [5.41, 5.74) is 1.41. The average Bonchev–Trinajstić information content (AvgIpc) is 2.52. The third-order valence-electron chi connectivity index (χ3n) is 3.04. The Labute approximate surface area is 120 Å². The summed E-state index contributed by atoms with van der Waals surface area (Å²) in [6, 6.07) is 15.0. The number of rotatable bonds is 2. The molecular formula is C16H12FN3O. The van der Waals surface area contributed by atoms with Crippen molar-refractivity contribution >= 4 is 17.1 Å². The molecule has 0 aliphatic rings. The third-order valence-corrected chi connectivity index (χ3v) is 3.04. The van der Waals surface area contributed by atoms with Crippen LogP contribution < -0.4 is 5.36 Å². The highest BCUT2D eigenvalue weighted by Crippen LogP contribution is 2.07. The monoisotopic (exact) mass is 281 g/mol. The van der Waals surface area contributed by atoms with Gasteiger partial charge in [-0.1, -0.05) is 30.3 Å². The van der Waals surface area contributed by atoms with E-state index in [1.54, 1.807) is 30.5 Å². The van der Waals surface area contributed by atoms with Gasteiger partial charge in [-0.15, -0.1) is 0 Å². The van der Waals surface area contributed by atoms with E-state index in [4.69, 9.17) is 0 Å². The molecule has 3 rings (SSSR count). The molecule has 0 spiro atoms. The Balaban J connectivity index is 2.00. The van der Waals surface area contributed by atoms with E-state index in [-0.39, 0.29) is 5.82 Å². The zero-order valence-corrected chi connectivity index (χ0v) is 11.0. The summed E-state index contributed by atoms with van der Waals surface area (Å²) in [7, 11) is 0. The summed E-state index contributed by atoms with van der Waals surface area (Å²) in [4.78, 5) is 0. The second-order valence-electron chi connectivity index (χ2n) is 4.46. The van der Waals surface area contributed by atoms with Crippen LogP contribution in [0.5, 0.6) is 0 Å². The minimum Gasteiger partial charge on any atom is -0.428 e. The molecule has 0 aliphatic heterocycles. The van der Waals surface area contributed by atoms with E-state index in [9.17, 15) is 9.60 Å². The van der Waals surface area contributed by atoms with E-state index < -0.39 is 0 Å². The van der Waals surface area contributed by atoms with Crippen molar-refractivity contribution in [2.24, 2.45) is 10.2 Å². The highest BCUT2D eigenvalue weighted by Gasteiger charge is 1.98. The first-order chi connectivity index (χ1) is 10.2. The van der Waals surface area contributed by atoms with Gasteiger partial charge in [0.15, 0.2) is 0 Å². The maximum Gasteiger partial charge on any atom is 0.123 e. The van der Waals surface area contributed by atoms with Crippen LogP contribution in [0.4, 0.5) is 4.39 Å². The normalized spacial score (nSPS) is 12.3. The van der Waals surface area contributed by atoms with Crippen LogP contribution in [-0.4, -0.2) is 16.2 Å². The predicted molar refractivity (Wildman–Crippen MR) is 78.7 cm³/mol. The molecule has 4 nitrogen and oxygen atoms in total. The number of hydrogen-bond donors (Lipinski definition) is 1. The van der Waals surface area contributed by atoms with Gasteiger partial charge in [0.1, 0.15) is 5.82 Å². The number of halogens is 1. The van der Waals surface area contributed by atoms with Crippen LogP contribution in [0.15, 0.2) is 71.0 Å². The SMILES string of the molecule is On1ccc(=N/N=C/c2ccc(F)cc2)c2ccccc21. The maximum atomic E-state index is 12.8. The average molecular weight is 281 g/mol. The lowest BCUT2D eigenvalue weighted by Gasteiger charge is -2.02. The van der Waals surface area contributed by atoms with Crippen LogP contribution in [0.2, 0.25) is 0 Å². The quantitative estimate of drug-likeness (QED) is 0.438. The molecule has 2 aromatic carbocycles. The molecule has 0 amide bonds. The van der Waals surface area contributed by atoms with E-state index in [2.05, 4.69) is 10.2 Å². The fourth-order valence-corrected chi connectivity index (χ4v) is 2.00. The molecule has 1 aromatic heterocycles. The van der Waals surface area contributed by atoms with Crippen molar-refractivity contribution < 1.29 is 9.60 Å². The minimum absolute atomic E-state index is 0.286. The first-order valence-corrected chi connectivity index (χ1v) is 6.36. The zero-order valence-electron chi connectivity index (χ0n) is 11.0. The molecule has 21 heavy (non-hydrogen) atoms. The van der Waals surface area contributed by atoms with E-state index in [0.29, 0.717) is 10.9 Å². The summed E-state index contributed by atoms with van der Waals surface area (Å²) >= 11 is 0. The Hall–Kier alpha value is -2.95. The van der Waals surface area contributed by atoms with Crippen LogP contribution in [0.1, 0.15) is 5.56 Å².